The fourth-order valence-corrected chi connectivity index (χ4v) is 8.17. The van der Waals surface area contributed by atoms with Gasteiger partial charge in [0, 0.05) is 30.2 Å². The van der Waals surface area contributed by atoms with Crippen LogP contribution in [0, 0.1) is 5.92 Å². The number of amidine groups is 1. The number of benzene rings is 2. The number of piperidine rings is 1. The Balaban J connectivity index is 1.20. The first-order chi connectivity index (χ1) is 15.0. The Bertz CT molecular complexity index is 1120. The number of carbonyl (C=O) groups excluding carboxylic acids is 1. The molecule has 0 bridgehead atoms. The smallest absolute Gasteiger partial charge is 0.314 e. The van der Waals surface area contributed by atoms with Crippen molar-refractivity contribution in [2.75, 3.05) is 24.6 Å². The van der Waals surface area contributed by atoms with Crippen LogP contribution in [0.15, 0.2) is 57.8 Å². The molecule has 3 aliphatic rings. The van der Waals surface area contributed by atoms with E-state index in [0.717, 1.165) is 0 Å². The maximum atomic E-state index is 12.7. The standard InChI is InChI=1S/C22H22N2O4S3/c25-21(28-17-7-5-16(6-8-17)22-29-13-14-30-22)15-9-11-24(12-10-15)20-18-3-1-2-4-19(18)31(26,27)23-20/h1-8,15,22H,9-14H2. The highest BCUT2D eigenvalue weighted by Gasteiger charge is 2.35. The first-order valence-corrected chi connectivity index (χ1v) is 13.8. The topological polar surface area (TPSA) is 76.0 Å². The first-order valence-electron chi connectivity index (χ1n) is 10.3. The van der Waals surface area contributed by atoms with Crippen molar-refractivity contribution in [2.45, 2.75) is 22.3 Å². The van der Waals surface area contributed by atoms with Gasteiger partial charge in [-0.2, -0.15) is 8.42 Å². The number of carbonyl (C=O) groups is 1. The molecule has 6 nitrogen and oxygen atoms in total. The van der Waals surface area contributed by atoms with Crippen LogP contribution in [0.3, 0.4) is 0 Å². The van der Waals surface area contributed by atoms with Crippen molar-refractivity contribution in [1.29, 1.82) is 0 Å². The van der Waals surface area contributed by atoms with Gasteiger partial charge in [0.2, 0.25) is 0 Å². The van der Waals surface area contributed by atoms with E-state index in [1.807, 2.05) is 58.8 Å². The number of fused-ring (bicyclic) bond motifs is 1. The Morgan fingerprint density at radius 1 is 1.00 bits per heavy atom. The van der Waals surface area contributed by atoms with E-state index < -0.39 is 10.0 Å². The summed E-state index contributed by atoms with van der Waals surface area (Å²) < 4.78 is 34.7. The normalized spacial score (nSPS) is 21.0. The summed E-state index contributed by atoms with van der Waals surface area (Å²) in [4.78, 5) is 14.9. The van der Waals surface area contributed by atoms with Crippen molar-refractivity contribution < 1.29 is 17.9 Å². The van der Waals surface area contributed by atoms with Crippen molar-refractivity contribution in [3.8, 4) is 5.75 Å². The molecule has 3 aliphatic heterocycles. The second-order valence-electron chi connectivity index (χ2n) is 7.71. The number of likely N-dealkylation sites (tertiary alicyclic amines) is 1. The molecule has 0 radical (unpaired) electrons. The predicted octanol–water partition coefficient (Wildman–Crippen LogP) is 3.93. The molecule has 162 valence electrons. The summed E-state index contributed by atoms with van der Waals surface area (Å²) in [6.07, 6.45) is 1.21. The van der Waals surface area contributed by atoms with Gasteiger partial charge in [-0.15, -0.1) is 27.9 Å². The van der Waals surface area contributed by atoms with Crippen LogP contribution < -0.4 is 4.74 Å². The fourth-order valence-electron chi connectivity index (χ4n) is 4.09. The zero-order valence-corrected chi connectivity index (χ0v) is 19.2. The third-order valence-corrected chi connectivity index (χ3v) is 10.2. The second-order valence-corrected chi connectivity index (χ2v) is 12.0. The van der Waals surface area contributed by atoms with E-state index in [1.165, 1.54) is 17.1 Å². The molecule has 0 spiro atoms. The average molecular weight is 475 g/mol. The number of nitrogens with zero attached hydrogens (tertiary/aromatic N) is 2. The minimum Gasteiger partial charge on any atom is -0.426 e. The van der Waals surface area contributed by atoms with Crippen LogP contribution in [-0.4, -0.2) is 49.7 Å². The average Bonchev–Trinajstić information content (AvgIpc) is 3.41. The lowest BCUT2D eigenvalue weighted by Crippen LogP contribution is -2.41. The summed E-state index contributed by atoms with van der Waals surface area (Å²) >= 11 is 3.89. The molecule has 5 rings (SSSR count). The lowest BCUT2D eigenvalue weighted by atomic mass is 9.96. The summed E-state index contributed by atoms with van der Waals surface area (Å²) in [5, 5.41) is 0. The van der Waals surface area contributed by atoms with Crippen molar-refractivity contribution in [2.24, 2.45) is 10.3 Å². The van der Waals surface area contributed by atoms with E-state index in [4.69, 9.17) is 4.74 Å². The highest BCUT2D eigenvalue weighted by atomic mass is 32.2. The third-order valence-electron chi connectivity index (χ3n) is 5.73. The summed E-state index contributed by atoms with van der Waals surface area (Å²) in [7, 11) is -3.63. The molecule has 2 aromatic rings. The van der Waals surface area contributed by atoms with Gasteiger partial charge in [-0.25, -0.2) is 0 Å². The molecule has 0 saturated carbocycles. The summed E-state index contributed by atoms with van der Waals surface area (Å²) in [6.45, 7) is 1.13. The second kappa shape index (κ2) is 8.52. The number of hydrogen-bond donors (Lipinski definition) is 0. The number of sulfonamides is 1. The van der Waals surface area contributed by atoms with Crippen LogP contribution in [0.1, 0.15) is 28.6 Å². The van der Waals surface area contributed by atoms with Gasteiger partial charge < -0.3 is 9.64 Å². The molecule has 0 unspecified atom stereocenters. The molecule has 2 fully saturated rings. The van der Waals surface area contributed by atoms with E-state index in [0.29, 0.717) is 47.7 Å². The van der Waals surface area contributed by atoms with E-state index in [1.54, 1.807) is 18.2 Å². The lowest BCUT2D eigenvalue weighted by Gasteiger charge is -2.32. The molecule has 9 heteroatoms. The zero-order chi connectivity index (χ0) is 21.4. The SMILES string of the molecule is O=C(Oc1ccc(C2SCCS2)cc1)C1CCN(C2=NS(=O)(=O)c3ccccc32)CC1. The number of hydrogen-bond acceptors (Lipinski definition) is 7. The largest absolute Gasteiger partial charge is 0.426 e. The van der Waals surface area contributed by atoms with Gasteiger partial charge in [-0.1, -0.05) is 24.3 Å². The minimum atomic E-state index is -3.63. The van der Waals surface area contributed by atoms with Gasteiger partial charge in [-0.3, -0.25) is 4.79 Å². The number of esters is 1. The number of thioether (sulfide) groups is 2. The monoisotopic (exact) mass is 474 g/mol. The van der Waals surface area contributed by atoms with E-state index >= 15 is 0 Å². The molecular formula is C22H22N2O4S3. The molecule has 0 atom stereocenters. The Hall–Kier alpha value is -1.97. The lowest BCUT2D eigenvalue weighted by molar-refractivity contribution is -0.140. The summed E-state index contributed by atoms with van der Waals surface area (Å²) in [5.41, 5.74) is 1.90. The molecule has 0 aromatic heterocycles. The highest BCUT2D eigenvalue weighted by Crippen LogP contribution is 2.45. The number of ether oxygens (including phenoxy) is 1. The predicted molar refractivity (Wildman–Crippen MR) is 124 cm³/mol. The van der Waals surface area contributed by atoms with Crippen LogP contribution in [0.25, 0.3) is 0 Å². The van der Waals surface area contributed by atoms with E-state index in [9.17, 15) is 13.2 Å². The first kappa shape index (κ1) is 20.9. The third kappa shape index (κ3) is 4.23. The van der Waals surface area contributed by atoms with Gasteiger partial charge in [0.1, 0.15) is 10.6 Å². The van der Waals surface area contributed by atoms with Crippen LogP contribution >= 0.6 is 23.5 Å². The van der Waals surface area contributed by atoms with Crippen LogP contribution in [-0.2, 0) is 14.8 Å². The molecular weight excluding hydrogens is 452 g/mol. The van der Waals surface area contributed by atoms with E-state index in [2.05, 4.69) is 4.40 Å². The maximum Gasteiger partial charge on any atom is 0.314 e. The van der Waals surface area contributed by atoms with Crippen molar-refractivity contribution in [1.82, 2.24) is 4.90 Å². The van der Waals surface area contributed by atoms with Crippen LogP contribution in [0.5, 0.6) is 5.75 Å². The van der Waals surface area contributed by atoms with Gasteiger partial charge in [0.25, 0.3) is 10.0 Å². The molecule has 0 aliphatic carbocycles. The fraction of sp³-hybridized carbons (Fsp3) is 0.364. The van der Waals surface area contributed by atoms with Gasteiger partial charge >= 0.3 is 5.97 Å². The summed E-state index contributed by atoms with van der Waals surface area (Å²) in [5.74, 6) is 2.98. The van der Waals surface area contributed by atoms with Crippen molar-refractivity contribution >= 4 is 45.4 Å². The molecule has 31 heavy (non-hydrogen) atoms. The van der Waals surface area contributed by atoms with Gasteiger partial charge in [0.15, 0.2) is 5.84 Å². The van der Waals surface area contributed by atoms with Gasteiger partial charge in [0.05, 0.1) is 10.5 Å². The number of rotatable bonds is 3. The molecule has 2 saturated heterocycles. The highest BCUT2D eigenvalue weighted by molar-refractivity contribution is 8.19. The Labute approximate surface area is 190 Å². The van der Waals surface area contributed by atoms with Crippen LogP contribution in [0.4, 0.5) is 0 Å². The van der Waals surface area contributed by atoms with Crippen LogP contribution in [0.2, 0.25) is 0 Å². The van der Waals surface area contributed by atoms with E-state index in [-0.39, 0.29) is 16.8 Å². The molecule has 2 aromatic carbocycles. The van der Waals surface area contributed by atoms with Crippen molar-refractivity contribution in [3.05, 3.63) is 59.7 Å². The minimum absolute atomic E-state index is 0.203. The maximum absolute atomic E-state index is 12.7. The molecule has 0 N–H and O–H groups in total. The summed E-state index contributed by atoms with van der Waals surface area (Å²) in [6, 6.07) is 14.7. The Kier molecular flexibility index (Phi) is 5.75. The quantitative estimate of drug-likeness (QED) is 0.493. The molecule has 0 amide bonds. The van der Waals surface area contributed by atoms with Crippen molar-refractivity contribution in [3.63, 3.8) is 0 Å². The Morgan fingerprint density at radius 2 is 1.68 bits per heavy atom. The van der Waals surface area contributed by atoms with Gasteiger partial charge in [-0.05, 0) is 42.7 Å². The zero-order valence-electron chi connectivity index (χ0n) is 16.8. The molecule has 3 heterocycles. The Morgan fingerprint density at radius 3 is 2.39 bits per heavy atom.